The van der Waals surface area contributed by atoms with Gasteiger partial charge >= 0.3 is 6.03 Å². The lowest BCUT2D eigenvalue weighted by Gasteiger charge is -2.27. The Morgan fingerprint density at radius 2 is 1.68 bits per heavy atom. The highest BCUT2D eigenvalue weighted by molar-refractivity contribution is 5.89. The number of nitrogens with zero attached hydrogens (tertiary/aromatic N) is 1. The molecule has 1 aromatic rings. The van der Waals surface area contributed by atoms with Crippen LogP contribution in [0.25, 0.3) is 0 Å². The van der Waals surface area contributed by atoms with Gasteiger partial charge in [-0.15, -0.1) is 0 Å². The number of aliphatic hydroxyl groups is 1. The molecule has 0 aliphatic carbocycles. The molecule has 0 atom stereocenters. The highest BCUT2D eigenvalue weighted by atomic mass is 16.3. The lowest BCUT2D eigenvalue weighted by Crippen LogP contribution is -2.44. The van der Waals surface area contributed by atoms with Crippen LogP contribution < -0.4 is 15.5 Å². The smallest absolute Gasteiger partial charge is 0.319 e. The average molecular weight is 307 g/mol. The van der Waals surface area contributed by atoms with Crippen LogP contribution >= 0.6 is 0 Å². The van der Waals surface area contributed by atoms with Gasteiger partial charge in [0, 0.05) is 32.0 Å². The fourth-order valence-electron chi connectivity index (χ4n) is 2.50. The number of carbonyl (C=O) groups excluding carboxylic acids is 1. The molecule has 0 aliphatic rings. The first-order valence-electron chi connectivity index (χ1n) is 7.95. The third-order valence-electron chi connectivity index (χ3n) is 3.65. The topological polar surface area (TPSA) is 64.6 Å². The molecule has 0 bridgehead atoms. The van der Waals surface area contributed by atoms with Gasteiger partial charge in [0.1, 0.15) is 0 Å². The fraction of sp³-hybridized carbons (Fsp3) is 0.588. The van der Waals surface area contributed by atoms with Gasteiger partial charge < -0.3 is 20.6 Å². The molecule has 1 rings (SSSR count). The standard InChI is InChI=1S/C17H29N3O2/c1-5-11-17(22,12-6-2)13-18-16(21)19-14-7-9-15(10-8-14)20(3)4/h7-10,22H,5-6,11-13H2,1-4H3,(H2,18,19,21). The van der Waals surface area contributed by atoms with E-state index in [1.165, 1.54) is 0 Å². The maximum Gasteiger partial charge on any atom is 0.319 e. The van der Waals surface area contributed by atoms with Gasteiger partial charge in [0.15, 0.2) is 0 Å². The van der Waals surface area contributed by atoms with Gasteiger partial charge in [-0.1, -0.05) is 26.7 Å². The second-order valence-electron chi connectivity index (χ2n) is 5.97. The van der Waals surface area contributed by atoms with E-state index in [-0.39, 0.29) is 12.6 Å². The summed E-state index contributed by atoms with van der Waals surface area (Å²) in [7, 11) is 3.94. The Hall–Kier alpha value is -1.75. The first kappa shape index (κ1) is 18.3. The van der Waals surface area contributed by atoms with E-state index in [0.717, 1.165) is 24.2 Å². The number of amides is 2. The molecule has 0 saturated heterocycles. The summed E-state index contributed by atoms with van der Waals surface area (Å²) in [6, 6.07) is 7.32. The second kappa shape index (κ2) is 8.63. The van der Waals surface area contributed by atoms with Crippen molar-refractivity contribution in [3.8, 4) is 0 Å². The number of nitrogens with one attached hydrogen (secondary N) is 2. The largest absolute Gasteiger partial charge is 0.388 e. The van der Waals surface area contributed by atoms with E-state index >= 15 is 0 Å². The van der Waals surface area contributed by atoms with E-state index in [4.69, 9.17) is 0 Å². The van der Waals surface area contributed by atoms with Gasteiger partial charge in [-0.2, -0.15) is 0 Å². The molecule has 0 aromatic heterocycles. The van der Waals surface area contributed by atoms with Gasteiger partial charge in [0.05, 0.1) is 5.60 Å². The number of hydrogen-bond acceptors (Lipinski definition) is 3. The lowest BCUT2D eigenvalue weighted by atomic mass is 9.93. The molecule has 3 N–H and O–H groups in total. The molecule has 0 saturated carbocycles. The molecule has 5 nitrogen and oxygen atoms in total. The Balaban J connectivity index is 2.51. The molecule has 2 amide bonds. The van der Waals surface area contributed by atoms with E-state index in [2.05, 4.69) is 10.6 Å². The highest BCUT2D eigenvalue weighted by Crippen LogP contribution is 2.19. The summed E-state index contributed by atoms with van der Waals surface area (Å²) in [5.41, 5.74) is 0.999. The van der Waals surface area contributed by atoms with E-state index in [1.807, 2.05) is 57.1 Å². The second-order valence-corrected chi connectivity index (χ2v) is 5.97. The Kier molecular flexibility index (Phi) is 7.18. The first-order chi connectivity index (χ1) is 10.4. The van der Waals surface area contributed by atoms with E-state index in [0.29, 0.717) is 12.8 Å². The van der Waals surface area contributed by atoms with Crippen molar-refractivity contribution in [2.75, 3.05) is 30.9 Å². The zero-order valence-corrected chi connectivity index (χ0v) is 14.1. The van der Waals surface area contributed by atoms with Crippen LogP contribution in [0.1, 0.15) is 39.5 Å². The lowest BCUT2D eigenvalue weighted by molar-refractivity contribution is 0.0245. The number of anilines is 2. The van der Waals surface area contributed by atoms with E-state index in [1.54, 1.807) is 0 Å². The molecule has 124 valence electrons. The maximum atomic E-state index is 11.9. The van der Waals surface area contributed by atoms with Crippen LogP contribution in [0.3, 0.4) is 0 Å². The first-order valence-corrected chi connectivity index (χ1v) is 7.95. The summed E-state index contributed by atoms with van der Waals surface area (Å²) < 4.78 is 0. The molecule has 0 fully saturated rings. The van der Waals surface area contributed by atoms with Crippen molar-refractivity contribution in [3.63, 3.8) is 0 Å². The Morgan fingerprint density at radius 3 is 2.14 bits per heavy atom. The average Bonchev–Trinajstić information content (AvgIpc) is 2.46. The SMILES string of the molecule is CCCC(O)(CCC)CNC(=O)Nc1ccc(N(C)C)cc1. The van der Waals surface area contributed by atoms with Crippen LogP contribution in [0.15, 0.2) is 24.3 Å². The van der Waals surface area contributed by atoms with Crippen LogP contribution in [0, 0.1) is 0 Å². The Bertz CT molecular complexity index is 451. The van der Waals surface area contributed by atoms with Crippen molar-refractivity contribution in [2.45, 2.75) is 45.1 Å². The van der Waals surface area contributed by atoms with Gasteiger partial charge in [0.2, 0.25) is 0 Å². The molecule has 22 heavy (non-hydrogen) atoms. The molecule has 1 aromatic carbocycles. The van der Waals surface area contributed by atoms with Gasteiger partial charge in [0.25, 0.3) is 0 Å². The third-order valence-corrected chi connectivity index (χ3v) is 3.65. The summed E-state index contributed by atoms with van der Waals surface area (Å²) in [5.74, 6) is 0. The van der Waals surface area contributed by atoms with Crippen molar-refractivity contribution in [1.29, 1.82) is 0 Å². The van der Waals surface area contributed by atoms with Gasteiger partial charge in [-0.25, -0.2) is 4.79 Å². The zero-order valence-electron chi connectivity index (χ0n) is 14.1. The number of urea groups is 1. The summed E-state index contributed by atoms with van der Waals surface area (Å²) in [4.78, 5) is 13.9. The molecule has 0 unspecified atom stereocenters. The minimum atomic E-state index is -0.810. The molecular weight excluding hydrogens is 278 g/mol. The molecule has 0 heterocycles. The zero-order chi connectivity index (χ0) is 16.6. The minimum Gasteiger partial charge on any atom is -0.388 e. The maximum absolute atomic E-state index is 11.9. The number of carbonyl (C=O) groups is 1. The molecular formula is C17H29N3O2. The predicted molar refractivity (Wildman–Crippen MR) is 92.6 cm³/mol. The van der Waals surface area contributed by atoms with Crippen LogP contribution in [0.5, 0.6) is 0 Å². The third kappa shape index (κ3) is 5.93. The van der Waals surface area contributed by atoms with Crippen molar-refractivity contribution < 1.29 is 9.90 Å². The molecule has 0 spiro atoms. The summed E-state index contributed by atoms with van der Waals surface area (Å²) in [5, 5.41) is 16.0. The van der Waals surface area contributed by atoms with E-state index < -0.39 is 5.60 Å². The Morgan fingerprint density at radius 1 is 1.14 bits per heavy atom. The normalized spacial score (nSPS) is 11.1. The van der Waals surface area contributed by atoms with Crippen LogP contribution in [-0.2, 0) is 0 Å². The monoisotopic (exact) mass is 307 g/mol. The van der Waals surface area contributed by atoms with Crippen LogP contribution in [0.4, 0.5) is 16.2 Å². The minimum absolute atomic E-state index is 0.274. The number of hydrogen-bond donors (Lipinski definition) is 3. The Labute approximate surface area is 133 Å². The molecule has 5 heteroatoms. The van der Waals surface area contributed by atoms with Crippen molar-refractivity contribution in [2.24, 2.45) is 0 Å². The highest BCUT2D eigenvalue weighted by Gasteiger charge is 2.25. The van der Waals surface area contributed by atoms with Crippen molar-refractivity contribution in [1.82, 2.24) is 5.32 Å². The summed E-state index contributed by atoms with van der Waals surface area (Å²) in [6.45, 7) is 4.34. The van der Waals surface area contributed by atoms with Gasteiger partial charge in [-0.05, 0) is 37.1 Å². The van der Waals surface area contributed by atoms with E-state index in [9.17, 15) is 9.90 Å². The summed E-state index contributed by atoms with van der Waals surface area (Å²) in [6.07, 6.45) is 3.18. The number of benzene rings is 1. The van der Waals surface area contributed by atoms with Crippen LogP contribution in [-0.4, -0.2) is 37.4 Å². The van der Waals surface area contributed by atoms with Crippen molar-refractivity contribution in [3.05, 3.63) is 24.3 Å². The van der Waals surface area contributed by atoms with Gasteiger partial charge in [-0.3, -0.25) is 0 Å². The summed E-state index contributed by atoms with van der Waals surface area (Å²) >= 11 is 0. The molecule has 0 aliphatic heterocycles. The number of rotatable bonds is 8. The van der Waals surface area contributed by atoms with Crippen molar-refractivity contribution >= 4 is 17.4 Å². The van der Waals surface area contributed by atoms with Crippen LogP contribution in [0.2, 0.25) is 0 Å². The quantitative estimate of drug-likeness (QED) is 0.691. The molecule has 0 radical (unpaired) electrons. The fourth-order valence-corrected chi connectivity index (χ4v) is 2.50. The predicted octanol–water partition coefficient (Wildman–Crippen LogP) is 3.21.